The summed E-state index contributed by atoms with van der Waals surface area (Å²) in [5.41, 5.74) is 3.02. The number of carbonyl (C=O) groups is 1. The van der Waals surface area contributed by atoms with E-state index in [-0.39, 0.29) is 5.91 Å². The monoisotopic (exact) mass is 425 g/mol. The fourth-order valence-electron chi connectivity index (χ4n) is 4.13. The summed E-state index contributed by atoms with van der Waals surface area (Å²) in [5, 5.41) is 0. The molecular formula is C23H31N5O3. The van der Waals surface area contributed by atoms with Crippen molar-refractivity contribution >= 4 is 17.7 Å². The summed E-state index contributed by atoms with van der Waals surface area (Å²) in [6, 6.07) is 7.96. The summed E-state index contributed by atoms with van der Waals surface area (Å²) in [6.07, 6.45) is 0.410. The molecule has 1 amide bonds. The lowest BCUT2D eigenvalue weighted by atomic mass is 10.1. The average Bonchev–Trinajstić information content (AvgIpc) is 2.79. The topological polar surface area (TPSA) is 71.0 Å². The van der Waals surface area contributed by atoms with Gasteiger partial charge in [0.25, 0.3) is 0 Å². The number of amides is 1. The summed E-state index contributed by atoms with van der Waals surface area (Å²) in [5.74, 6) is 2.71. The van der Waals surface area contributed by atoms with Gasteiger partial charge >= 0.3 is 0 Å². The van der Waals surface area contributed by atoms with Crippen LogP contribution in [0.5, 0.6) is 5.75 Å². The number of morpholine rings is 1. The van der Waals surface area contributed by atoms with E-state index in [1.54, 1.807) is 7.11 Å². The van der Waals surface area contributed by atoms with E-state index in [1.807, 2.05) is 43.0 Å². The van der Waals surface area contributed by atoms with Crippen molar-refractivity contribution in [2.45, 2.75) is 20.3 Å². The molecule has 0 radical (unpaired) electrons. The van der Waals surface area contributed by atoms with E-state index in [4.69, 9.17) is 14.5 Å². The maximum atomic E-state index is 12.8. The zero-order valence-electron chi connectivity index (χ0n) is 18.6. The van der Waals surface area contributed by atoms with E-state index in [0.717, 1.165) is 73.7 Å². The molecule has 0 atom stereocenters. The Morgan fingerprint density at radius 1 is 1.00 bits per heavy atom. The molecule has 0 unspecified atom stereocenters. The average molecular weight is 426 g/mol. The lowest BCUT2D eigenvalue weighted by Crippen LogP contribution is -2.49. The Hall–Kier alpha value is -2.87. The molecule has 4 rings (SSSR count). The number of aryl methyl sites for hydroxylation is 2. The van der Waals surface area contributed by atoms with Crippen LogP contribution in [0.3, 0.4) is 0 Å². The van der Waals surface area contributed by atoms with Gasteiger partial charge < -0.3 is 24.2 Å². The minimum absolute atomic E-state index is 0.156. The van der Waals surface area contributed by atoms with Gasteiger partial charge in [0.15, 0.2) is 0 Å². The van der Waals surface area contributed by atoms with Gasteiger partial charge in [-0.05, 0) is 31.0 Å². The molecule has 2 aliphatic rings. The second-order valence-corrected chi connectivity index (χ2v) is 8.12. The molecule has 0 spiro atoms. The molecule has 1 aromatic heterocycles. The van der Waals surface area contributed by atoms with Crippen LogP contribution in [0.1, 0.15) is 16.8 Å². The molecule has 1 aromatic carbocycles. The minimum Gasteiger partial charge on any atom is -0.496 e. The molecular weight excluding hydrogens is 394 g/mol. The third kappa shape index (κ3) is 5.07. The molecule has 8 nitrogen and oxygen atoms in total. The first-order valence-electron chi connectivity index (χ1n) is 10.9. The number of ether oxygens (including phenoxy) is 2. The molecule has 2 saturated heterocycles. The second kappa shape index (κ2) is 9.51. The van der Waals surface area contributed by atoms with Gasteiger partial charge in [-0.1, -0.05) is 12.1 Å². The number of rotatable bonds is 5. The second-order valence-electron chi connectivity index (χ2n) is 8.12. The van der Waals surface area contributed by atoms with E-state index in [2.05, 4.69) is 14.8 Å². The minimum atomic E-state index is 0.156. The van der Waals surface area contributed by atoms with Gasteiger partial charge in [0.05, 0.1) is 26.7 Å². The number of carbonyl (C=O) groups excluding carboxylic acids is 1. The van der Waals surface area contributed by atoms with Crippen LogP contribution in [0.2, 0.25) is 0 Å². The lowest BCUT2D eigenvalue weighted by Gasteiger charge is -2.35. The number of benzene rings is 1. The summed E-state index contributed by atoms with van der Waals surface area (Å²) >= 11 is 0. The molecule has 31 heavy (non-hydrogen) atoms. The molecule has 0 aliphatic carbocycles. The predicted octanol–water partition coefficient (Wildman–Crippen LogP) is 1.83. The Morgan fingerprint density at radius 2 is 1.74 bits per heavy atom. The van der Waals surface area contributed by atoms with Crippen molar-refractivity contribution < 1.29 is 14.3 Å². The van der Waals surface area contributed by atoms with Crippen LogP contribution in [0.25, 0.3) is 0 Å². The van der Waals surface area contributed by atoms with Gasteiger partial charge in [-0.2, -0.15) is 4.98 Å². The van der Waals surface area contributed by atoms with Crippen molar-refractivity contribution in [1.82, 2.24) is 14.9 Å². The summed E-state index contributed by atoms with van der Waals surface area (Å²) in [7, 11) is 1.66. The molecule has 2 aliphatic heterocycles. The predicted molar refractivity (Wildman–Crippen MR) is 120 cm³/mol. The zero-order chi connectivity index (χ0) is 21.8. The number of hydrogen-bond donors (Lipinski definition) is 0. The molecule has 3 heterocycles. The number of methoxy groups -OCH3 is 1. The van der Waals surface area contributed by atoms with Crippen molar-refractivity contribution in [3.63, 3.8) is 0 Å². The van der Waals surface area contributed by atoms with Gasteiger partial charge in [0, 0.05) is 51.0 Å². The van der Waals surface area contributed by atoms with E-state index >= 15 is 0 Å². The number of piperazine rings is 1. The van der Waals surface area contributed by atoms with Gasteiger partial charge in [0.1, 0.15) is 11.6 Å². The first kappa shape index (κ1) is 21.4. The highest BCUT2D eigenvalue weighted by atomic mass is 16.5. The SMILES string of the molecule is COc1ccc(CC(=O)N2CCN(c3nc(C)cc(N4CCOCC4)n3)CC2)cc1C. The number of hydrogen-bond acceptors (Lipinski definition) is 7. The highest BCUT2D eigenvalue weighted by Gasteiger charge is 2.24. The summed E-state index contributed by atoms with van der Waals surface area (Å²) in [4.78, 5) is 28.7. The molecule has 2 fully saturated rings. The maximum absolute atomic E-state index is 12.8. The smallest absolute Gasteiger partial charge is 0.227 e. The highest BCUT2D eigenvalue weighted by Crippen LogP contribution is 2.21. The van der Waals surface area contributed by atoms with Crippen molar-refractivity contribution in [3.8, 4) is 5.75 Å². The van der Waals surface area contributed by atoms with Crippen molar-refractivity contribution in [2.75, 3.05) is 69.4 Å². The van der Waals surface area contributed by atoms with Crippen molar-refractivity contribution in [2.24, 2.45) is 0 Å². The van der Waals surface area contributed by atoms with E-state index in [0.29, 0.717) is 19.5 Å². The Labute approximate surface area is 183 Å². The molecule has 0 N–H and O–H groups in total. The van der Waals surface area contributed by atoms with Crippen LogP contribution in [0.4, 0.5) is 11.8 Å². The zero-order valence-corrected chi connectivity index (χ0v) is 18.6. The lowest BCUT2D eigenvalue weighted by molar-refractivity contribution is -0.130. The Morgan fingerprint density at radius 3 is 2.42 bits per heavy atom. The Bertz CT molecular complexity index is 921. The normalized spacial score (nSPS) is 17.1. The third-order valence-electron chi connectivity index (χ3n) is 5.89. The third-order valence-corrected chi connectivity index (χ3v) is 5.89. The molecule has 2 aromatic rings. The van der Waals surface area contributed by atoms with Crippen LogP contribution in [-0.2, 0) is 16.0 Å². The highest BCUT2D eigenvalue weighted by molar-refractivity contribution is 5.79. The fraction of sp³-hybridized carbons (Fsp3) is 0.522. The van der Waals surface area contributed by atoms with Gasteiger partial charge in [-0.15, -0.1) is 0 Å². The van der Waals surface area contributed by atoms with E-state index < -0.39 is 0 Å². The first-order chi connectivity index (χ1) is 15.0. The van der Waals surface area contributed by atoms with Gasteiger partial charge in [-0.25, -0.2) is 4.98 Å². The maximum Gasteiger partial charge on any atom is 0.227 e. The van der Waals surface area contributed by atoms with Gasteiger partial charge in [-0.3, -0.25) is 4.79 Å². The van der Waals surface area contributed by atoms with E-state index in [1.165, 1.54) is 0 Å². The molecule has 0 bridgehead atoms. The largest absolute Gasteiger partial charge is 0.496 e. The van der Waals surface area contributed by atoms with Gasteiger partial charge in [0.2, 0.25) is 11.9 Å². The standard InChI is InChI=1S/C23H31N5O3/c1-17-14-19(4-5-20(17)30-3)16-22(29)27-6-8-28(9-7-27)23-24-18(2)15-21(25-23)26-10-12-31-13-11-26/h4-5,14-15H,6-13,16H2,1-3H3. The summed E-state index contributed by atoms with van der Waals surface area (Å²) < 4.78 is 10.8. The van der Waals surface area contributed by atoms with Crippen LogP contribution in [0.15, 0.2) is 24.3 Å². The van der Waals surface area contributed by atoms with E-state index in [9.17, 15) is 4.79 Å². The van der Waals surface area contributed by atoms with Crippen molar-refractivity contribution in [1.29, 1.82) is 0 Å². The Kier molecular flexibility index (Phi) is 6.56. The molecule has 0 saturated carbocycles. The fourth-order valence-corrected chi connectivity index (χ4v) is 4.13. The molecule has 8 heteroatoms. The quantitative estimate of drug-likeness (QED) is 0.724. The molecule has 166 valence electrons. The number of aromatic nitrogens is 2. The first-order valence-corrected chi connectivity index (χ1v) is 10.9. The number of nitrogens with zero attached hydrogens (tertiary/aromatic N) is 5. The summed E-state index contributed by atoms with van der Waals surface area (Å²) in [6.45, 7) is 9.99. The van der Waals surface area contributed by atoms with Crippen LogP contribution in [-0.4, -0.2) is 80.4 Å². The number of anilines is 2. The van der Waals surface area contributed by atoms with Crippen LogP contribution >= 0.6 is 0 Å². The van der Waals surface area contributed by atoms with Crippen LogP contribution in [0, 0.1) is 13.8 Å². The van der Waals surface area contributed by atoms with Crippen LogP contribution < -0.4 is 14.5 Å². The van der Waals surface area contributed by atoms with Crippen molar-refractivity contribution in [3.05, 3.63) is 41.1 Å². The Balaban J connectivity index is 1.36.